The molecule has 1 aliphatic heterocycles. The normalized spacial score (nSPS) is 23.1. The van der Waals surface area contributed by atoms with Crippen LogP contribution in [0, 0.1) is 21.4 Å². The van der Waals surface area contributed by atoms with Crippen LogP contribution in [-0.2, 0) is 4.74 Å². The van der Waals surface area contributed by atoms with E-state index in [2.05, 4.69) is 5.32 Å². The maximum Gasteiger partial charge on any atom is 0.293 e. The molecule has 116 valence electrons. The molecule has 1 N–H and O–H groups in total. The van der Waals surface area contributed by atoms with Crippen molar-refractivity contribution in [1.29, 1.82) is 5.26 Å². The van der Waals surface area contributed by atoms with Gasteiger partial charge in [0.05, 0.1) is 22.2 Å². The van der Waals surface area contributed by atoms with Crippen molar-refractivity contribution in [2.45, 2.75) is 50.2 Å². The maximum absolute atomic E-state index is 11.2. The monoisotopic (exact) mass is 301 g/mol. The number of nitro groups is 1. The minimum Gasteiger partial charge on any atom is -0.377 e. The topological polar surface area (TPSA) is 88.2 Å². The number of hydrogen-bond acceptors (Lipinski definition) is 5. The SMILES string of the molecule is N#Cc1ccc(NC2CCOC3(CCCC3)C2)c([N+](=O)[O-])c1. The molecule has 1 saturated heterocycles. The van der Waals surface area contributed by atoms with E-state index in [0.717, 1.165) is 25.7 Å². The Bertz CT molecular complexity index is 618. The van der Waals surface area contributed by atoms with E-state index in [-0.39, 0.29) is 17.3 Å². The lowest BCUT2D eigenvalue weighted by Gasteiger charge is -2.38. The number of nitriles is 1. The molecule has 1 aromatic rings. The standard InChI is InChI=1S/C16H19N3O3/c17-11-12-3-4-14(15(9-12)19(20)21)18-13-5-8-22-16(10-13)6-1-2-7-16/h3-4,9,13,18H,1-2,5-8,10H2. The molecule has 1 atom stereocenters. The summed E-state index contributed by atoms with van der Waals surface area (Å²) in [6.07, 6.45) is 6.30. The largest absolute Gasteiger partial charge is 0.377 e. The highest BCUT2D eigenvalue weighted by Crippen LogP contribution is 2.41. The number of anilines is 1. The molecule has 1 saturated carbocycles. The van der Waals surface area contributed by atoms with Crippen molar-refractivity contribution in [2.75, 3.05) is 11.9 Å². The third-order valence-corrected chi connectivity index (χ3v) is 4.69. The Kier molecular flexibility index (Phi) is 3.99. The van der Waals surface area contributed by atoms with Gasteiger partial charge in [0.1, 0.15) is 5.69 Å². The highest BCUT2D eigenvalue weighted by molar-refractivity contribution is 5.64. The first-order valence-electron chi connectivity index (χ1n) is 7.71. The second kappa shape index (κ2) is 5.93. The Morgan fingerprint density at radius 3 is 2.86 bits per heavy atom. The molecule has 6 heteroatoms. The molecule has 0 radical (unpaired) electrons. The summed E-state index contributed by atoms with van der Waals surface area (Å²) in [6, 6.07) is 6.69. The van der Waals surface area contributed by atoms with E-state index < -0.39 is 4.92 Å². The average Bonchev–Trinajstić information content (AvgIpc) is 2.95. The van der Waals surface area contributed by atoms with Crippen LogP contribution in [0.25, 0.3) is 0 Å². The smallest absolute Gasteiger partial charge is 0.293 e. The number of hydrogen-bond donors (Lipinski definition) is 1. The molecule has 2 fully saturated rings. The van der Waals surface area contributed by atoms with Gasteiger partial charge in [0.2, 0.25) is 0 Å². The third kappa shape index (κ3) is 2.90. The van der Waals surface area contributed by atoms with Gasteiger partial charge in [-0.2, -0.15) is 5.26 Å². The summed E-state index contributed by atoms with van der Waals surface area (Å²) in [5.74, 6) is 0. The molecule has 1 spiro atoms. The second-order valence-corrected chi connectivity index (χ2v) is 6.17. The summed E-state index contributed by atoms with van der Waals surface area (Å²) in [7, 11) is 0. The van der Waals surface area contributed by atoms with Gasteiger partial charge in [0.25, 0.3) is 5.69 Å². The fourth-order valence-corrected chi connectivity index (χ4v) is 3.61. The van der Waals surface area contributed by atoms with E-state index in [0.29, 0.717) is 17.9 Å². The van der Waals surface area contributed by atoms with Crippen LogP contribution < -0.4 is 5.32 Å². The van der Waals surface area contributed by atoms with Gasteiger partial charge in [-0.3, -0.25) is 10.1 Å². The Hall–Kier alpha value is -2.13. The Morgan fingerprint density at radius 2 is 2.18 bits per heavy atom. The van der Waals surface area contributed by atoms with Crippen LogP contribution in [0.3, 0.4) is 0 Å². The lowest BCUT2D eigenvalue weighted by Crippen LogP contribution is -2.42. The van der Waals surface area contributed by atoms with Gasteiger partial charge < -0.3 is 10.1 Å². The van der Waals surface area contributed by atoms with Gasteiger partial charge in [-0.15, -0.1) is 0 Å². The number of nitrogens with zero attached hydrogens (tertiary/aromatic N) is 2. The summed E-state index contributed by atoms with van der Waals surface area (Å²) >= 11 is 0. The lowest BCUT2D eigenvalue weighted by molar-refractivity contribution is -0.384. The highest BCUT2D eigenvalue weighted by Gasteiger charge is 2.40. The molecule has 6 nitrogen and oxygen atoms in total. The van der Waals surface area contributed by atoms with Crippen LogP contribution in [0.15, 0.2) is 18.2 Å². The van der Waals surface area contributed by atoms with E-state index in [9.17, 15) is 10.1 Å². The van der Waals surface area contributed by atoms with Gasteiger partial charge >= 0.3 is 0 Å². The Labute approximate surface area is 129 Å². The highest BCUT2D eigenvalue weighted by atomic mass is 16.6. The van der Waals surface area contributed by atoms with Crippen LogP contribution >= 0.6 is 0 Å². The summed E-state index contributed by atoms with van der Waals surface area (Å²) in [6.45, 7) is 0.696. The van der Waals surface area contributed by atoms with Crippen LogP contribution in [0.1, 0.15) is 44.1 Å². The summed E-state index contributed by atoms with van der Waals surface area (Å²) in [4.78, 5) is 10.8. The number of benzene rings is 1. The molecule has 22 heavy (non-hydrogen) atoms. The van der Waals surface area contributed by atoms with Crippen molar-refractivity contribution in [3.05, 3.63) is 33.9 Å². The van der Waals surface area contributed by atoms with Gasteiger partial charge in [-0.05, 0) is 37.8 Å². The van der Waals surface area contributed by atoms with Crippen molar-refractivity contribution in [1.82, 2.24) is 0 Å². The minimum atomic E-state index is -0.437. The summed E-state index contributed by atoms with van der Waals surface area (Å²) in [5.41, 5.74) is 0.726. The fraction of sp³-hybridized carbons (Fsp3) is 0.562. The van der Waals surface area contributed by atoms with E-state index >= 15 is 0 Å². The first-order chi connectivity index (χ1) is 10.6. The molecule has 3 rings (SSSR count). The molecular formula is C16H19N3O3. The molecule has 0 amide bonds. The molecule has 0 bridgehead atoms. The number of nitrogens with one attached hydrogen (secondary N) is 1. The molecule has 1 unspecified atom stereocenters. The van der Waals surface area contributed by atoms with Crippen LogP contribution in [-0.4, -0.2) is 23.2 Å². The predicted octanol–water partition coefficient (Wildman–Crippen LogP) is 3.37. The lowest BCUT2D eigenvalue weighted by atomic mass is 9.89. The average molecular weight is 301 g/mol. The van der Waals surface area contributed by atoms with Crippen molar-refractivity contribution < 1.29 is 9.66 Å². The molecule has 1 heterocycles. The molecule has 1 aliphatic carbocycles. The molecular weight excluding hydrogens is 282 g/mol. The summed E-state index contributed by atoms with van der Waals surface area (Å²) in [5, 5.41) is 23.4. The summed E-state index contributed by atoms with van der Waals surface area (Å²) < 4.78 is 5.99. The van der Waals surface area contributed by atoms with Crippen molar-refractivity contribution in [3.63, 3.8) is 0 Å². The Morgan fingerprint density at radius 1 is 1.41 bits per heavy atom. The zero-order chi connectivity index (χ0) is 15.6. The molecule has 1 aromatic carbocycles. The second-order valence-electron chi connectivity index (χ2n) is 6.17. The van der Waals surface area contributed by atoms with Crippen LogP contribution in [0.5, 0.6) is 0 Å². The maximum atomic E-state index is 11.2. The van der Waals surface area contributed by atoms with E-state index in [1.807, 2.05) is 6.07 Å². The van der Waals surface area contributed by atoms with Gasteiger partial charge in [0.15, 0.2) is 0 Å². The van der Waals surface area contributed by atoms with Crippen LogP contribution in [0.4, 0.5) is 11.4 Å². The van der Waals surface area contributed by atoms with E-state index in [4.69, 9.17) is 10.00 Å². The zero-order valence-electron chi connectivity index (χ0n) is 12.4. The van der Waals surface area contributed by atoms with Crippen LogP contribution in [0.2, 0.25) is 0 Å². The van der Waals surface area contributed by atoms with Crippen molar-refractivity contribution in [3.8, 4) is 6.07 Å². The number of ether oxygens (including phenoxy) is 1. The Balaban J connectivity index is 1.78. The van der Waals surface area contributed by atoms with E-state index in [1.165, 1.54) is 18.9 Å². The molecule has 0 aromatic heterocycles. The third-order valence-electron chi connectivity index (χ3n) is 4.69. The fourth-order valence-electron chi connectivity index (χ4n) is 3.61. The van der Waals surface area contributed by atoms with Crippen molar-refractivity contribution >= 4 is 11.4 Å². The van der Waals surface area contributed by atoms with Crippen molar-refractivity contribution in [2.24, 2.45) is 0 Å². The van der Waals surface area contributed by atoms with E-state index in [1.54, 1.807) is 12.1 Å². The predicted molar refractivity (Wildman–Crippen MR) is 81.6 cm³/mol. The van der Waals surface area contributed by atoms with Gasteiger partial charge in [0, 0.05) is 18.7 Å². The van der Waals surface area contributed by atoms with Gasteiger partial charge in [-0.1, -0.05) is 12.8 Å². The first-order valence-corrected chi connectivity index (χ1v) is 7.71. The van der Waals surface area contributed by atoms with Gasteiger partial charge in [-0.25, -0.2) is 0 Å². The quantitative estimate of drug-likeness (QED) is 0.683. The number of nitro benzene ring substituents is 1. The first kappa shape index (κ1) is 14.8. The minimum absolute atomic E-state index is 0.0305. The molecule has 2 aliphatic rings. The zero-order valence-corrected chi connectivity index (χ0v) is 12.4. The number of rotatable bonds is 3.